The third kappa shape index (κ3) is 7.62. The molecule has 0 bridgehead atoms. The maximum Gasteiger partial charge on any atom is 0.407 e. The quantitative estimate of drug-likeness (QED) is 0.377. The lowest BCUT2D eigenvalue weighted by Crippen LogP contribution is -2.47. The molecule has 1 atom stereocenters. The van der Waals surface area contributed by atoms with Crippen LogP contribution >= 0.6 is 0 Å². The summed E-state index contributed by atoms with van der Waals surface area (Å²) in [4.78, 5) is 42.1. The average Bonchev–Trinajstić information content (AvgIpc) is 2.93. The summed E-state index contributed by atoms with van der Waals surface area (Å²) in [6.45, 7) is 3.06. The van der Waals surface area contributed by atoms with Crippen LogP contribution in [0.3, 0.4) is 0 Å². The number of amides is 2. The van der Waals surface area contributed by atoms with Crippen LogP contribution in [0, 0.1) is 11.3 Å². The molecule has 3 N–H and O–H groups in total. The van der Waals surface area contributed by atoms with Crippen LogP contribution in [0.25, 0.3) is 0 Å². The molecule has 3 aromatic rings. The molecule has 1 aromatic heterocycles. The van der Waals surface area contributed by atoms with Crippen LogP contribution in [0.5, 0.6) is 0 Å². The van der Waals surface area contributed by atoms with Crippen LogP contribution in [-0.2, 0) is 17.8 Å². The van der Waals surface area contributed by atoms with Crippen LogP contribution in [-0.4, -0.2) is 93.1 Å². The minimum atomic E-state index is -0.876. The normalized spacial score (nSPS) is 14.2. The highest BCUT2D eigenvalue weighted by molar-refractivity contribution is 5.84. The molecule has 12 heteroatoms. The monoisotopic (exact) mass is 529 g/mol. The van der Waals surface area contributed by atoms with Gasteiger partial charge in [0.25, 0.3) is 0 Å². The fourth-order valence-electron chi connectivity index (χ4n) is 4.28. The Hall–Kier alpha value is -4.76. The highest BCUT2D eigenvalue weighted by Gasteiger charge is 2.22. The molecule has 2 amide bonds. The standard InChI is InChI=1S/C27H31N9O3/c1-34(2)24(37)23(15-19-6-8-20(16-28)9-7-19)32-26-30-18-29-25(33-26)31-22-5-3-4-21(14-22)17-35-10-12-36(13-11-35)27(38)39/h3-9,14,18,23H,10-13,15,17H2,1-2H3,(H,38,39)(H2,29,30,31,32,33)/t23-/m0/s1. The molecule has 2 heterocycles. The highest BCUT2D eigenvalue weighted by atomic mass is 16.4. The molecule has 1 aliphatic heterocycles. The molecule has 202 valence electrons. The minimum absolute atomic E-state index is 0.133. The van der Waals surface area contributed by atoms with Crippen LogP contribution < -0.4 is 10.6 Å². The number of nitrogens with zero attached hydrogens (tertiary/aromatic N) is 7. The molecule has 0 spiro atoms. The first kappa shape index (κ1) is 27.3. The van der Waals surface area contributed by atoms with E-state index in [0.717, 1.165) is 16.8 Å². The van der Waals surface area contributed by atoms with Crippen LogP contribution in [0.4, 0.5) is 22.4 Å². The minimum Gasteiger partial charge on any atom is -0.465 e. The second kappa shape index (κ2) is 12.7. The summed E-state index contributed by atoms with van der Waals surface area (Å²) in [5.74, 6) is 0.453. The van der Waals surface area contributed by atoms with E-state index < -0.39 is 12.1 Å². The fraction of sp³-hybridized carbons (Fsp3) is 0.333. The van der Waals surface area contributed by atoms with E-state index in [1.54, 1.807) is 26.2 Å². The van der Waals surface area contributed by atoms with Gasteiger partial charge in [0.05, 0.1) is 11.6 Å². The van der Waals surface area contributed by atoms with Crippen molar-refractivity contribution in [3.63, 3.8) is 0 Å². The summed E-state index contributed by atoms with van der Waals surface area (Å²) >= 11 is 0. The van der Waals surface area contributed by atoms with Gasteiger partial charge in [0, 0.05) is 58.9 Å². The van der Waals surface area contributed by atoms with Crippen molar-refractivity contribution in [2.24, 2.45) is 0 Å². The lowest BCUT2D eigenvalue weighted by molar-refractivity contribution is -0.129. The summed E-state index contributed by atoms with van der Waals surface area (Å²) in [7, 11) is 3.38. The number of carbonyl (C=O) groups excluding carboxylic acids is 1. The first-order valence-electron chi connectivity index (χ1n) is 12.5. The summed E-state index contributed by atoms with van der Waals surface area (Å²) < 4.78 is 0. The Morgan fingerprint density at radius 2 is 1.77 bits per heavy atom. The van der Waals surface area contributed by atoms with Gasteiger partial charge < -0.3 is 25.5 Å². The van der Waals surface area contributed by atoms with Crippen molar-refractivity contribution in [2.45, 2.75) is 19.0 Å². The Kier molecular flexibility index (Phi) is 8.86. The zero-order valence-corrected chi connectivity index (χ0v) is 21.9. The smallest absolute Gasteiger partial charge is 0.407 e. The number of nitrogens with one attached hydrogen (secondary N) is 2. The van der Waals surface area contributed by atoms with Crippen molar-refractivity contribution in [1.29, 1.82) is 5.26 Å². The van der Waals surface area contributed by atoms with Gasteiger partial charge >= 0.3 is 6.09 Å². The zero-order chi connectivity index (χ0) is 27.8. The molecule has 12 nitrogen and oxygen atoms in total. The van der Waals surface area contributed by atoms with Gasteiger partial charge in [-0.05, 0) is 35.4 Å². The molecule has 2 aromatic carbocycles. The number of anilines is 3. The molecule has 39 heavy (non-hydrogen) atoms. The zero-order valence-electron chi connectivity index (χ0n) is 21.9. The second-order valence-electron chi connectivity index (χ2n) is 9.45. The van der Waals surface area contributed by atoms with E-state index in [2.05, 4.69) is 36.6 Å². The Bertz CT molecular complexity index is 1330. The van der Waals surface area contributed by atoms with Crippen LogP contribution in [0.2, 0.25) is 0 Å². The molecular formula is C27H31N9O3. The van der Waals surface area contributed by atoms with Crippen LogP contribution in [0.15, 0.2) is 54.9 Å². The van der Waals surface area contributed by atoms with Gasteiger partial charge in [-0.3, -0.25) is 9.69 Å². The molecule has 0 saturated carbocycles. The number of nitriles is 1. The number of benzene rings is 2. The van der Waals surface area contributed by atoms with Crippen molar-refractivity contribution in [1.82, 2.24) is 29.7 Å². The topological polar surface area (TPSA) is 151 Å². The van der Waals surface area contributed by atoms with E-state index in [0.29, 0.717) is 50.7 Å². The fourth-order valence-corrected chi connectivity index (χ4v) is 4.28. The lowest BCUT2D eigenvalue weighted by Gasteiger charge is -2.33. The summed E-state index contributed by atoms with van der Waals surface area (Å²) in [6.07, 6.45) is 0.890. The maximum absolute atomic E-state index is 12.9. The summed E-state index contributed by atoms with van der Waals surface area (Å²) in [5.41, 5.74) is 3.33. The number of hydrogen-bond donors (Lipinski definition) is 3. The number of carbonyl (C=O) groups is 2. The molecular weight excluding hydrogens is 498 g/mol. The number of carboxylic acid groups (broad SMARTS) is 1. The van der Waals surface area contributed by atoms with Crippen molar-refractivity contribution in [2.75, 3.05) is 50.9 Å². The van der Waals surface area contributed by atoms with Gasteiger partial charge in [-0.15, -0.1) is 0 Å². The Labute approximate surface area is 226 Å². The van der Waals surface area contributed by atoms with Gasteiger partial charge in [0.2, 0.25) is 17.8 Å². The molecule has 0 unspecified atom stereocenters. The van der Waals surface area contributed by atoms with Crippen molar-refractivity contribution in [3.8, 4) is 6.07 Å². The Morgan fingerprint density at radius 1 is 1.05 bits per heavy atom. The second-order valence-corrected chi connectivity index (χ2v) is 9.45. The van der Waals surface area contributed by atoms with Crippen molar-refractivity contribution < 1.29 is 14.7 Å². The summed E-state index contributed by atoms with van der Waals surface area (Å²) in [6, 6.07) is 16.5. The van der Waals surface area contributed by atoms with E-state index >= 15 is 0 Å². The SMILES string of the molecule is CN(C)C(=O)[C@H](Cc1ccc(C#N)cc1)Nc1ncnc(Nc2cccc(CN3CCN(C(=O)O)CC3)c2)n1. The predicted octanol–water partition coefficient (Wildman–Crippen LogP) is 2.39. The Balaban J connectivity index is 1.41. The van der Waals surface area contributed by atoms with Crippen LogP contribution in [0.1, 0.15) is 16.7 Å². The van der Waals surface area contributed by atoms with E-state index in [1.165, 1.54) is 16.1 Å². The number of piperazine rings is 1. The van der Waals surface area contributed by atoms with Gasteiger partial charge in [0.1, 0.15) is 12.4 Å². The van der Waals surface area contributed by atoms with Gasteiger partial charge in [-0.1, -0.05) is 24.3 Å². The number of aromatic nitrogens is 3. The highest BCUT2D eigenvalue weighted by Crippen LogP contribution is 2.18. The van der Waals surface area contributed by atoms with Crippen molar-refractivity contribution in [3.05, 3.63) is 71.5 Å². The van der Waals surface area contributed by atoms with E-state index in [4.69, 9.17) is 10.4 Å². The van der Waals surface area contributed by atoms with E-state index in [-0.39, 0.29) is 11.9 Å². The maximum atomic E-state index is 12.9. The van der Waals surface area contributed by atoms with Gasteiger partial charge in [-0.25, -0.2) is 14.8 Å². The predicted molar refractivity (Wildman–Crippen MR) is 145 cm³/mol. The molecule has 0 aliphatic carbocycles. The molecule has 4 rings (SSSR count). The Morgan fingerprint density at radius 3 is 2.44 bits per heavy atom. The van der Waals surface area contributed by atoms with Gasteiger partial charge in [0.15, 0.2) is 0 Å². The molecule has 1 aliphatic rings. The lowest BCUT2D eigenvalue weighted by atomic mass is 10.0. The van der Waals surface area contributed by atoms with Gasteiger partial charge in [-0.2, -0.15) is 10.2 Å². The molecule has 0 radical (unpaired) electrons. The number of rotatable bonds is 9. The van der Waals surface area contributed by atoms with E-state index in [1.807, 2.05) is 36.4 Å². The average molecular weight is 530 g/mol. The van der Waals surface area contributed by atoms with E-state index in [9.17, 15) is 9.59 Å². The third-order valence-corrected chi connectivity index (χ3v) is 6.37. The molecule has 1 fully saturated rings. The first-order valence-corrected chi connectivity index (χ1v) is 12.5. The van der Waals surface area contributed by atoms with Crippen molar-refractivity contribution >= 4 is 29.6 Å². The number of hydrogen-bond acceptors (Lipinski definition) is 9. The third-order valence-electron chi connectivity index (χ3n) is 6.37. The summed E-state index contributed by atoms with van der Waals surface area (Å²) in [5, 5.41) is 24.5. The first-order chi connectivity index (χ1) is 18.8. The number of likely N-dealkylation sites (N-methyl/N-ethyl adjacent to an activating group) is 1. The largest absolute Gasteiger partial charge is 0.465 e. The molecule has 1 saturated heterocycles.